The number of esters is 2. The molecule has 2 heterocycles. The molecule has 0 saturated carbocycles. The van der Waals surface area contributed by atoms with E-state index in [1.165, 1.54) is 0 Å². The highest BCUT2D eigenvalue weighted by molar-refractivity contribution is 5.97. The number of fused-ring (bicyclic) bond motifs is 2. The molecule has 1 atom stereocenters. The maximum Gasteiger partial charge on any atom is 0.354 e. The number of H-pyrrole nitrogens is 1. The van der Waals surface area contributed by atoms with Gasteiger partial charge >= 0.3 is 11.9 Å². The molecule has 0 bridgehead atoms. The smallest absolute Gasteiger partial charge is 0.354 e. The van der Waals surface area contributed by atoms with Crippen LogP contribution in [0.1, 0.15) is 36.3 Å². The van der Waals surface area contributed by atoms with E-state index in [0.717, 1.165) is 22.2 Å². The fraction of sp³-hybridized carbons (Fsp3) is 0.333. The minimum absolute atomic E-state index is 0.178. The molecular formula is C24H26N2O5. The number of aromatic nitrogens is 1. The van der Waals surface area contributed by atoms with Crippen molar-refractivity contribution in [2.24, 2.45) is 0 Å². The van der Waals surface area contributed by atoms with Gasteiger partial charge in [0.1, 0.15) is 17.5 Å². The van der Waals surface area contributed by atoms with Gasteiger partial charge in [-0.3, -0.25) is 4.79 Å². The van der Waals surface area contributed by atoms with Crippen molar-refractivity contribution in [1.82, 2.24) is 4.98 Å². The topological polar surface area (TPSA) is 80.9 Å². The van der Waals surface area contributed by atoms with E-state index in [0.29, 0.717) is 37.7 Å². The first-order chi connectivity index (χ1) is 15.1. The minimum atomic E-state index is -0.390. The van der Waals surface area contributed by atoms with Crippen molar-refractivity contribution in [2.75, 3.05) is 24.7 Å². The molecule has 0 fully saturated rings. The molecule has 7 heteroatoms. The minimum Gasteiger partial charge on any atom is -0.486 e. The summed E-state index contributed by atoms with van der Waals surface area (Å²) in [5, 5.41) is 0.846. The Labute approximate surface area is 180 Å². The standard InChI is InChI=1S/C24H26N2O5/c1-3-29-23(27)12-18-15-26(14-16-8-6-5-7-9-16)21-13-19-17(11-22(21)31-18)10-20(25-19)24(28)30-4-2/h5-11,13,18,25H,3-4,12,14-15H2,1-2H3. The monoisotopic (exact) mass is 422 g/mol. The zero-order valence-corrected chi connectivity index (χ0v) is 17.7. The SMILES string of the molecule is CCOC(=O)CC1CN(Cc2ccccc2)c2cc3[nH]c(C(=O)OCC)cc3cc2O1. The zero-order chi connectivity index (χ0) is 21.8. The normalized spacial score (nSPS) is 15.3. The lowest BCUT2D eigenvalue weighted by atomic mass is 10.1. The van der Waals surface area contributed by atoms with Crippen LogP contribution in [0.3, 0.4) is 0 Å². The average molecular weight is 422 g/mol. The largest absolute Gasteiger partial charge is 0.486 e. The summed E-state index contributed by atoms with van der Waals surface area (Å²) < 4.78 is 16.4. The molecule has 0 aliphatic carbocycles. The summed E-state index contributed by atoms with van der Waals surface area (Å²) in [7, 11) is 0. The van der Waals surface area contributed by atoms with Gasteiger partial charge in [0.05, 0.1) is 31.9 Å². The van der Waals surface area contributed by atoms with Crippen molar-refractivity contribution in [3.8, 4) is 5.75 Å². The second kappa shape index (κ2) is 9.12. The van der Waals surface area contributed by atoms with Gasteiger partial charge in [0.25, 0.3) is 0 Å². The number of carbonyl (C=O) groups excluding carboxylic acids is 2. The van der Waals surface area contributed by atoms with E-state index >= 15 is 0 Å². The molecule has 4 rings (SSSR count). The third-order valence-corrected chi connectivity index (χ3v) is 5.17. The number of anilines is 1. The maximum absolute atomic E-state index is 12.1. The van der Waals surface area contributed by atoms with Gasteiger partial charge in [0.2, 0.25) is 0 Å². The number of hydrogen-bond acceptors (Lipinski definition) is 6. The summed E-state index contributed by atoms with van der Waals surface area (Å²) in [6.07, 6.45) is -0.145. The number of nitrogens with one attached hydrogen (secondary N) is 1. The lowest BCUT2D eigenvalue weighted by molar-refractivity contribution is -0.144. The number of benzene rings is 2. The Morgan fingerprint density at radius 2 is 1.87 bits per heavy atom. The molecule has 1 aliphatic rings. The van der Waals surface area contributed by atoms with Crippen molar-refractivity contribution in [2.45, 2.75) is 32.9 Å². The summed E-state index contributed by atoms with van der Waals surface area (Å²) >= 11 is 0. The highest BCUT2D eigenvalue weighted by Gasteiger charge is 2.29. The Bertz CT molecular complexity index is 1080. The number of aromatic amines is 1. The predicted octanol–water partition coefficient (Wildman–Crippen LogP) is 4.07. The first-order valence-corrected chi connectivity index (χ1v) is 10.5. The van der Waals surface area contributed by atoms with E-state index in [2.05, 4.69) is 22.0 Å². The second-order valence-corrected chi connectivity index (χ2v) is 7.43. The fourth-order valence-electron chi connectivity index (χ4n) is 3.84. The van der Waals surface area contributed by atoms with Crippen LogP contribution in [0.5, 0.6) is 5.75 Å². The van der Waals surface area contributed by atoms with Crippen molar-refractivity contribution < 1.29 is 23.8 Å². The summed E-state index contributed by atoms with van der Waals surface area (Å²) in [6, 6.07) is 15.8. The van der Waals surface area contributed by atoms with Gasteiger partial charge in [-0.15, -0.1) is 0 Å². The summed E-state index contributed by atoms with van der Waals surface area (Å²) in [5.74, 6) is 0.0141. The Hall–Kier alpha value is -3.48. The molecule has 1 unspecified atom stereocenters. The van der Waals surface area contributed by atoms with Crippen LogP contribution in [0.4, 0.5) is 5.69 Å². The molecule has 1 aliphatic heterocycles. The molecule has 0 saturated heterocycles. The Morgan fingerprint density at radius 3 is 2.61 bits per heavy atom. The van der Waals surface area contributed by atoms with Gasteiger partial charge in [-0.25, -0.2) is 4.79 Å². The highest BCUT2D eigenvalue weighted by Crippen LogP contribution is 2.38. The van der Waals surface area contributed by atoms with E-state index in [1.54, 1.807) is 19.9 Å². The van der Waals surface area contributed by atoms with E-state index in [9.17, 15) is 9.59 Å². The second-order valence-electron chi connectivity index (χ2n) is 7.43. The highest BCUT2D eigenvalue weighted by atomic mass is 16.5. The van der Waals surface area contributed by atoms with Gasteiger partial charge in [-0.1, -0.05) is 30.3 Å². The van der Waals surface area contributed by atoms with Gasteiger partial charge in [-0.2, -0.15) is 0 Å². The first kappa shape index (κ1) is 20.8. The average Bonchev–Trinajstić information content (AvgIpc) is 3.17. The van der Waals surface area contributed by atoms with Crippen LogP contribution in [-0.4, -0.2) is 42.8 Å². The molecule has 0 radical (unpaired) electrons. The molecule has 1 aromatic heterocycles. The molecule has 162 valence electrons. The van der Waals surface area contributed by atoms with Crippen LogP contribution in [0.2, 0.25) is 0 Å². The van der Waals surface area contributed by atoms with Crippen LogP contribution >= 0.6 is 0 Å². The molecule has 2 aromatic carbocycles. The number of carbonyl (C=O) groups is 2. The predicted molar refractivity (Wildman–Crippen MR) is 117 cm³/mol. The number of nitrogens with zero attached hydrogens (tertiary/aromatic N) is 1. The quantitative estimate of drug-likeness (QED) is 0.578. The van der Waals surface area contributed by atoms with Crippen LogP contribution in [0.25, 0.3) is 10.9 Å². The molecule has 0 spiro atoms. The van der Waals surface area contributed by atoms with Gasteiger partial charge in [0, 0.05) is 17.4 Å². The van der Waals surface area contributed by atoms with Gasteiger partial charge in [-0.05, 0) is 37.6 Å². The molecule has 0 amide bonds. The van der Waals surface area contributed by atoms with E-state index in [-0.39, 0.29) is 24.5 Å². The molecule has 3 aromatic rings. The van der Waals surface area contributed by atoms with Crippen molar-refractivity contribution in [3.63, 3.8) is 0 Å². The van der Waals surface area contributed by atoms with E-state index in [4.69, 9.17) is 14.2 Å². The summed E-state index contributed by atoms with van der Waals surface area (Å²) in [5.41, 5.74) is 3.29. The van der Waals surface area contributed by atoms with Crippen LogP contribution in [0, 0.1) is 0 Å². The molecular weight excluding hydrogens is 396 g/mol. The summed E-state index contributed by atoms with van der Waals surface area (Å²) in [6.45, 7) is 5.45. The maximum atomic E-state index is 12.1. The van der Waals surface area contributed by atoms with E-state index in [1.807, 2.05) is 30.3 Å². The number of rotatable bonds is 7. The molecule has 31 heavy (non-hydrogen) atoms. The van der Waals surface area contributed by atoms with E-state index < -0.39 is 0 Å². The van der Waals surface area contributed by atoms with Gasteiger partial charge in [0.15, 0.2) is 0 Å². The number of hydrogen-bond donors (Lipinski definition) is 1. The van der Waals surface area contributed by atoms with Crippen LogP contribution in [0.15, 0.2) is 48.5 Å². The van der Waals surface area contributed by atoms with Crippen molar-refractivity contribution in [3.05, 3.63) is 59.8 Å². The molecule has 7 nitrogen and oxygen atoms in total. The lowest BCUT2D eigenvalue weighted by Crippen LogP contribution is -2.41. The van der Waals surface area contributed by atoms with Crippen molar-refractivity contribution >= 4 is 28.5 Å². The first-order valence-electron chi connectivity index (χ1n) is 10.5. The third kappa shape index (κ3) is 4.66. The van der Waals surface area contributed by atoms with Crippen molar-refractivity contribution in [1.29, 1.82) is 0 Å². The van der Waals surface area contributed by atoms with Crippen LogP contribution < -0.4 is 9.64 Å². The van der Waals surface area contributed by atoms with Gasteiger partial charge < -0.3 is 24.1 Å². The Balaban J connectivity index is 1.68. The zero-order valence-electron chi connectivity index (χ0n) is 17.7. The Kier molecular flexibility index (Phi) is 6.11. The third-order valence-electron chi connectivity index (χ3n) is 5.17. The number of ether oxygens (including phenoxy) is 3. The lowest BCUT2D eigenvalue weighted by Gasteiger charge is -2.36. The Morgan fingerprint density at radius 1 is 1.10 bits per heavy atom. The summed E-state index contributed by atoms with van der Waals surface area (Å²) in [4.78, 5) is 29.5. The molecule has 1 N–H and O–H groups in total. The van der Waals surface area contributed by atoms with Crippen LogP contribution in [-0.2, 0) is 20.8 Å². The fourth-order valence-corrected chi connectivity index (χ4v) is 3.84.